The minimum absolute atomic E-state index is 0.0946. The van der Waals surface area contributed by atoms with Crippen LogP contribution in [-0.2, 0) is 20.9 Å². The maximum absolute atomic E-state index is 13.1. The Kier molecular flexibility index (Phi) is 6.64. The van der Waals surface area contributed by atoms with E-state index in [1.807, 2.05) is 60.7 Å². The monoisotopic (exact) mass is 469 g/mol. The van der Waals surface area contributed by atoms with Gasteiger partial charge >= 0.3 is 0 Å². The molecule has 2 aliphatic rings. The van der Waals surface area contributed by atoms with E-state index < -0.39 is 17.7 Å². The second kappa shape index (κ2) is 10.2. The Bertz CT molecular complexity index is 1210. The highest BCUT2D eigenvalue weighted by atomic mass is 16.5. The van der Waals surface area contributed by atoms with E-state index in [4.69, 9.17) is 9.47 Å². The summed E-state index contributed by atoms with van der Waals surface area (Å²) in [4.78, 5) is 27.8. The summed E-state index contributed by atoms with van der Waals surface area (Å²) in [5, 5.41) is 11.1. The molecule has 2 atom stereocenters. The van der Waals surface area contributed by atoms with Gasteiger partial charge in [0.15, 0.2) is 0 Å². The fourth-order valence-electron chi connectivity index (χ4n) is 4.66. The molecule has 178 valence electrons. The predicted octanol–water partition coefficient (Wildman–Crippen LogP) is 4.87. The molecule has 2 unspecified atom stereocenters. The smallest absolute Gasteiger partial charge is 0.295 e. The van der Waals surface area contributed by atoms with E-state index in [0.717, 1.165) is 24.0 Å². The Morgan fingerprint density at radius 1 is 0.943 bits per heavy atom. The number of nitrogens with zero attached hydrogens (tertiary/aromatic N) is 1. The molecular formula is C29H27NO5. The van der Waals surface area contributed by atoms with Crippen LogP contribution in [-0.4, -0.2) is 41.0 Å². The molecule has 2 heterocycles. The van der Waals surface area contributed by atoms with Gasteiger partial charge in [-0.3, -0.25) is 9.59 Å². The molecule has 0 saturated carbocycles. The molecule has 6 heteroatoms. The highest BCUT2D eigenvalue weighted by Gasteiger charge is 2.47. The molecule has 1 N–H and O–H groups in total. The number of benzene rings is 3. The largest absolute Gasteiger partial charge is 0.507 e. The average molecular weight is 470 g/mol. The number of likely N-dealkylation sites (tertiary alicyclic amines) is 1. The zero-order valence-corrected chi connectivity index (χ0v) is 19.3. The van der Waals surface area contributed by atoms with Gasteiger partial charge < -0.3 is 19.5 Å². The second-order valence-corrected chi connectivity index (χ2v) is 8.80. The average Bonchev–Trinajstić information content (AvgIpc) is 3.51. The molecule has 35 heavy (non-hydrogen) atoms. The first-order valence-electron chi connectivity index (χ1n) is 11.8. The van der Waals surface area contributed by atoms with E-state index >= 15 is 0 Å². The summed E-state index contributed by atoms with van der Waals surface area (Å²) in [6.45, 7) is 1.38. The number of ketones is 1. The third-order valence-electron chi connectivity index (χ3n) is 6.46. The Balaban J connectivity index is 1.47. The lowest BCUT2D eigenvalue weighted by atomic mass is 9.95. The van der Waals surface area contributed by atoms with Crippen LogP contribution >= 0.6 is 0 Å². The number of ether oxygens (including phenoxy) is 2. The first-order valence-corrected chi connectivity index (χ1v) is 11.8. The van der Waals surface area contributed by atoms with Gasteiger partial charge in [-0.1, -0.05) is 72.8 Å². The Hall–Kier alpha value is -3.90. The number of rotatable bonds is 7. The summed E-state index contributed by atoms with van der Waals surface area (Å²) < 4.78 is 11.7. The summed E-state index contributed by atoms with van der Waals surface area (Å²) in [6.07, 6.45) is 1.64. The number of aliphatic hydroxyl groups excluding tert-OH is 1. The molecule has 6 nitrogen and oxygen atoms in total. The molecule has 5 rings (SSSR count). The SMILES string of the molecule is O=C1C(=O)N(CC2CCCO2)C(c2ccc(OCc3ccccc3)cc2)/C1=C(\O)c1ccccc1. The summed E-state index contributed by atoms with van der Waals surface area (Å²) in [5.41, 5.74) is 2.38. The highest BCUT2D eigenvalue weighted by Crippen LogP contribution is 2.40. The number of hydrogen-bond donors (Lipinski definition) is 1. The Morgan fingerprint density at radius 3 is 2.29 bits per heavy atom. The number of hydrogen-bond acceptors (Lipinski definition) is 5. The summed E-state index contributed by atoms with van der Waals surface area (Å²) in [7, 11) is 0. The van der Waals surface area contributed by atoms with Crippen molar-refractivity contribution >= 4 is 17.4 Å². The minimum Gasteiger partial charge on any atom is -0.507 e. The molecule has 0 radical (unpaired) electrons. The molecule has 2 aliphatic heterocycles. The van der Waals surface area contributed by atoms with Gasteiger partial charge in [0, 0.05) is 18.7 Å². The van der Waals surface area contributed by atoms with E-state index in [-0.39, 0.29) is 17.4 Å². The second-order valence-electron chi connectivity index (χ2n) is 8.80. The van der Waals surface area contributed by atoms with Crippen LogP contribution in [0.1, 0.15) is 35.6 Å². The summed E-state index contributed by atoms with van der Waals surface area (Å²) >= 11 is 0. The van der Waals surface area contributed by atoms with Gasteiger partial charge in [0.05, 0.1) is 17.7 Å². The van der Waals surface area contributed by atoms with Crippen molar-refractivity contribution < 1.29 is 24.2 Å². The predicted molar refractivity (Wildman–Crippen MR) is 132 cm³/mol. The van der Waals surface area contributed by atoms with E-state index in [9.17, 15) is 14.7 Å². The van der Waals surface area contributed by atoms with Gasteiger partial charge in [0.1, 0.15) is 18.1 Å². The van der Waals surface area contributed by atoms with Crippen LogP contribution in [0.4, 0.5) is 0 Å². The third-order valence-corrected chi connectivity index (χ3v) is 6.46. The van der Waals surface area contributed by atoms with Crippen molar-refractivity contribution in [3.8, 4) is 5.75 Å². The van der Waals surface area contributed by atoms with E-state index in [2.05, 4.69) is 0 Å². The molecule has 3 aromatic carbocycles. The molecule has 3 aromatic rings. The zero-order chi connectivity index (χ0) is 24.2. The van der Waals surface area contributed by atoms with Crippen LogP contribution in [0.3, 0.4) is 0 Å². The van der Waals surface area contributed by atoms with Crippen molar-refractivity contribution in [1.82, 2.24) is 4.90 Å². The number of carbonyl (C=O) groups is 2. The highest BCUT2D eigenvalue weighted by molar-refractivity contribution is 6.46. The zero-order valence-electron chi connectivity index (χ0n) is 19.3. The third kappa shape index (κ3) is 4.84. The lowest BCUT2D eigenvalue weighted by molar-refractivity contribution is -0.140. The number of Topliss-reactive ketones (excluding diaryl/α,β-unsaturated/α-hetero) is 1. The lowest BCUT2D eigenvalue weighted by Gasteiger charge is -2.27. The van der Waals surface area contributed by atoms with Gasteiger partial charge in [0.2, 0.25) is 0 Å². The summed E-state index contributed by atoms with van der Waals surface area (Å²) in [6, 6.07) is 25.4. The Labute approximate surface area is 204 Å². The first-order chi connectivity index (χ1) is 17.1. The fourth-order valence-corrected chi connectivity index (χ4v) is 4.66. The molecule has 2 fully saturated rings. The lowest BCUT2D eigenvalue weighted by Crippen LogP contribution is -2.36. The standard InChI is InChI=1S/C29H27NO5/c31-27(22-10-5-2-6-11-22)25-26(30(29(33)28(25)32)18-24-12-7-17-34-24)21-13-15-23(16-14-21)35-19-20-8-3-1-4-9-20/h1-6,8-11,13-16,24,26,31H,7,12,17-19H2/b27-25+. The van der Waals surface area contributed by atoms with E-state index in [0.29, 0.717) is 31.1 Å². The first kappa shape index (κ1) is 22.9. The fraction of sp³-hybridized carbons (Fsp3) is 0.241. The van der Waals surface area contributed by atoms with Gasteiger partial charge in [-0.2, -0.15) is 0 Å². The summed E-state index contributed by atoms with van der Waals surface area (Å²) in [5.74, 6) is -0.795. The van der Waals surface area contributed by atoms with Crippen molar-refractivity contribution in [2.24, 2.45) is 0 Å². The molecular weight excluding hydrogens is 442 g/mol. The molecule has 1 amide bonds. The molecule has 0 bridgehead atoms. The van der Waals surface area contributed by atoms with E-state index in [1.165, 1.54) is 4.90 Å². The van der Waals surface area contributed by atoms with Crippen molar-refractivity contribution in [3.63, 3.8) is 0 Å². The minimum atomic E-state index is -0.706. The van der Waals surface area contributed by atoms with Crippen LogP contribution in [0, 0.1) is 0 Å². The maximum Gasteiger partial charge on any atom is 0.295 e. The van der Waals surface area contributed by atoms with Gasteiger partial charge in [-0.25, -0.2) is 0 Å². The van der Waals surface area contributed by atoms with Crippen molar-refractivity contribution in [1.29, 1.82) is 0 Å². The number of aliphatic hydroxyl groups is 1. The molecule has 0 aromatic heterocycles. The number of amides is 1. The van der Waals surface area contributed by atoms with Crippen LogP contribution in [0.15, 0.2) is 90.5 Å². The van der Waals surface area contributed by atoms with E-state index in [1.54, 1.807) is 24.3 Å². The van der Waals surface area contributed by atoms with Crippen LogP contribution in [0.5, 0.6) is 5.75 Å². The van der Waals surface area contributed by atoms with Gasteiger partial charge in [-0.15, -0.1) is 0 Å². The normalized spacial score (nSPS) is 21.4. The number of carbonyl (C=O) groups excluding carboxylic acids is 2. The molecule has 0 spiro atoms. The van der Waals surface area contributed by atoms with Gasteiger partial charge in [0.25, 0.3) is 11.7 Å². The Morgan fingerprint density at radius 2 is 1.63 bits per heavy atom. The van der Waals surface area contributed by atoms with Crippen molar-refractivity contribution in [3.05, 3.63) is 107 Å². The van der Waals surface area contributed by atoms with Gasteiger partial charge in [-0.05, 0) is 36.1 Å². The quantitative estimate of drug-likeness (QED) is 0.304. The van der Waals surface area contributed by atoms with Crippen molar-refractivity contribution in [2.75, 3.05) is 13.2 Å². The van der Waals surface area contributed by atoms with Crippen LogP contribution in [0.2, 0.25) is 0 Å². The maximum atomic E-state index is 13.1. The molecule has 0 aliphatic carbocycles. The molecule has 2 saturated heterocycles. The van der Waals surface area contributed by atoms with Crippen LogP contribution in [0.25, 0.3) is 5.76 Å². The van der Waals surface area contributed by atoms with Crippen molar-refractivity contribution in [2.45, 2.75) is 31.6 Å². The topological polar surface area (TPSA) is 76.1 Å². The van der Waals surface area contributed by atoms with Crippen LogP contribution < -0.4 is 4.74 Å².